The Morgan fingerprint density at radius 3 is 2.36 bits per heavy atom. The number of non-ortho nitro benzene ring substituents is 1. The van der Waals surface area contributed by atoms with E-state index in [0.717, 1.165) is 5.56 Å². The normalized spacial score (nSPS) is 12.0. The third kappa shape index (κ3) is 3.69. The average molecular weight is 298 g/mol. The minimum absolute atomic E-state index is 0.0894. The SMILES string of the molecule is CC(C)[C@@H](NC(=O)c1cccc([N+](=O)[O-])c1)c1ccccc1. The molecule has 5 heteroatoms. The van der Waals surface area contributed by atoms with E-state index < -0.39 is 4.92 Å². The molecular formula is C17H18N2O3. The van der Waals surface area contributed by atoms with Crippen LogP contribution in [0.15, 0.2) is 54.6 Å². The van der Waals surface area contributed by atoms with Crippen LogP contribution in [-0.2, 0) is 0 Å². The Morgan fingerprint density at radius 2 is 1.77 bits per heavy atom. The zero-order valence-corrected chi connectivity index (χ0v) is 12.5. The van der Waals surface area contributed by atoms with Crippen molar-refractivity contribution >= 4 is 11.6 Å². The zero-order valence-electron chi connectivity index (χ0n) is 12.5. The number of hydrogen-bond acceptors (Lipinski definition) is 3. The monoisotopic (exact) mass is 298 g/mol. The van der Waals surface area contributed by atoms with Gasteiger partial charge in [0.15, 0.2) is 0 Å². The van der Waals surface area contributed by atoms with Crippen molar-refractivity contribution in [3.05, 3.63) is 75.8 Å². The fourth-order valence-electron chi connectivity index (χ4n) is 2.28. The van der Waals surface area contributed by atoms with E-state index in [-0.39, 0.29) is 29.1 Å². The maximum atomic E-state index is 12.4. The van der Waals surface area contributed by atoms with Gasteiger partial charge in [-0.2, -0.15) is 0 Å². The molecule has 0 aliphatic carbocycles. The number of rotatable bonds is 5. The molecule has 2 aromatic rings. The number of nitro benzene ring substituents is 1. The van der Waals surface area contributed by atoms with Gasteiger partial charge in [0.25, 0.3) is 11.6 Å². The second-order valence-corrected chi connectivity index (χ2v) is 5.41. The molecule has 1 atom stereocenters. The Bertz CT molecular complexity index is 669. The summed E-state index contributed by atoms with van der Waals surface area (Å²) in [5.74, 6) is -0.115. The molecule has 1 N–H and O–H groups in total. The quantitative estimate of drug-likeness (QED) is 0.675. The highest BCUT2D eigenvalue weighted by atomic mass is 16.6. The highest BCUT2D eigenvalue weighted by molar-refractivity contribution is 5.95. The van der Waals surface area contributed by atoms with Crippen LogP contribution in [0.5, 0.6) is 0 Å². The van der Waals surface area contributed by atoms with Gasteiger partial charge in [-0.1, -0.05) is 50.2 Å². The fraction of sp³-hybridized carbons (Fsp3) is 0.235. The Balaban J connectivity index is 2.22. The van der Waals surface area contributed by atoms with Crippen molar-refractivity contribution in [1.29, 1.82) is 0 Å². The first-order valence-electron chi connectivity index (χ1n) is 7.09. The van der Waals surface area contributed by atoms with Gasteiger partial charge in [-0.3, -0.25) is 14.9 Å². The fourth-order valence-corrected chi connectivity index (χ4v) is 2.28. The van der Waals surface area contributed by atoms with Gasteiger partial charge in [0.05, 0.1) is 11.0 Å². The lowest BCUT2D eigenvalue weighted by molar-refractivity contribution is -0.384. The molecule has 22 heavy (non-hydrogen) atoms. The minimum Gasteiger partial charge on any atom is -0.345 e. The van der Waals surface area contributed by atoms with Crippen LogP contribution in [0.2, 0.25) is 0 Å². The predicted octanol–water partition coefficient (Wildman–Crippen LogP) is 3.72. The molecule has 0 saturated carbocycles. The van der Waals surface area contributed by atoms with Crippen LogP contribution < -0.4 is 5.32 Å². The summed E-state index contributed by atoms with van der Waals surface area (Å²) >= 11 is 0. The molecule has 0 radical (unpaired) electrons. The van der Waals surface area contributed by atoms with Gasteiger partial charge in [0.1, 0.15) is 0 Å². The number of nitrogens with zero attached hydrogens (tertiary/aromatic N) is 1. The van der Waals surface area contributed by atoms with Crippen molar-refractivity contribution in [3.63, 3.8) is 0 Å². The first kappa shape index (κ1) is 15.7. The minimum atomic E-state index is -0.506. The summed E-state index contributed by atoms with van der Waals surface area (Å²) in [7, 11) is 0. The maximum absolute atomic E-state index is 12.4. The lowest BCUT2D eigenvalue weighted by Crippen LogP contribution is -2.31. The third-order valence-corrected chi connectivity index (χ3v) is 3.43. The second-order valence-electron chi connectivity index (χ2n) is 5.41. The summed E-state index contributed by atoms with van der Waals surface area (Å²) in [6.07, 6.45) is 0. The summed E-state index contributed by atoms with van der Waals surface area (Å²) in [6, 6.07) is 15.3. The van der Waals surface area contributed by atoms with E-state index in [1.54, 1.807) is 6.07 Å². The first-order valence-corrected chi connectivity index (χ1v) is 7.09. The van der Waals surface area contributed by atoms with Gasteiger partial charge in [0.2, 0.25) is 0 Å². The number of nitrogens with one attached hydrogen (secondary N) is 1. The van der Waals surface area contributed by atoms with E-state index in [4.69, 9.17) is 0 Å². The van der Waals surface area contributed by atoms with Crippen molar-refractivity contribution < 1.29 is 9.72 Å². The van der Waals surface area contributed by atoms with Gasteiger partial charge >= 0.3 is 0 Å². The van der Waals surface area contributed by atoms with Crippen molar-refractivity contribution in [2.75, 3.05) is 0 Å². The Hall–Kier alpha value is -2.69. The van der Waals surface area contributed by atoms with E-state index in [0.29, 0.717) is 0 Å². The molecule has 0 saturated heterocycles. The molecule has 114 valence electrons. The lowest BCUT2D eigenvalue weighted by Gasteiger charge is -2.23. The van der Waals surface area contributed by atoms with Gasteiger partial charge in [-0.05, 0) is 17.5 Å². The molecule has 0 bridgehead atoms. The number of hydrogen-bond donors (Lipinski definition) is 1. The summed E-state index contributed by atoms with van der Waals surface area (Å²) in [5.41, 5.74) is 1.21. The van der Waals surface area contributed by atoms with Gasteiger partial charge in [-0.15, -0.1) is 0 Å². The van der Waals surface area contributed by atoms with Crippen LogP contribution in [0.25, 0.3) is 0 Å². The summed E-state index contributed by atoms with van der Waals surface area (Å²) in [5, 5.41) is 13.8. The molecule has 0 heterocycles. The standard InChI is InChI=1S/C17H18N2O3/c1-12(2)16(13-7-4-3-5-8-13)18-17(20)14-9-6-10-15(11-14)19(21)22/h3-12,16H,1-2H3,(H,18,20)/t16-/m1/s1. The Labute approximate surface area is 129 Å². The molecule has 0 aliphatic rings. The van der Waals surface area contributed by atoms with Crippen molar-refractivity contribution in [1.82, 2.24) is 5.32 Å². The largest absolute Gasteiger partial charge is 0.345 e. The predicted molar refractivity (Wildman–Crippen MR) is 84.6 cm³/mol. The molecule has 0 fully saturated rings. The number of nitro groups is 1. The third-order valence-electron chi connectivity index (χ3n) is 3.43. The number of benzene rings is 2. The van der Waals surface area contributed by atoms with Crippen LogP contribution in [0.4, 0.5) is 5.69 Å². The van der Waals surface area contributed by atoms with Crippen LogP contribution in [-0.4, -0.2) is 10.8 Å². The van der Waals surface area contributed by atoms with Crippen LogP contribution >= 0.6 is 0 Å². The average Bonchev–Trinajstić information content (AvgIpc) is 2.53. The highest BCUT2D eigenvalue weighted by Crippen LogP contribution is 2.22. The summed E-state index contributed by atoms with van der Waals surface area (Å²) in [4.78, 5) is 22.7. The molecule has 0 aromatic heterocycles. The van der Waals surface area contributed by atoms with Crippen LogP contribution in [0.3, 0.4) is 0 Å². The topological polar surface area (TPSA) is 72.2 Å². The Kier molecular flexibility index (Phi) is 4.88. The van der Waals surface area contributed by atoms with Gasteiger partial charge in [0, 0.05) is 17.7 Å². The van der Waals surface area contributed by atoms with Crippen LogP contribution in [0, 0.1) is 16.0 Å². The van der Waals surface area contributed by atoms with Gasteiger partial charge < -0.3 is 5.32 Å². The number of amides is 1. The zero-order chi connectivity index (χ0) is 16.1. The maximum Gasteiger partial charge on any atom is 0.270 e. The lowest BCUT2D eigenvalue weighted by atomic mass is 9.95. The molecule has 0 unspecified atom stereocenters. The van der Waals surface area contributed by atoms with E-state index in [9.17, 15) is 14.9 Å². The number of carbonyl (C=O) groups is 1. The van der Waals surface area contributed by atoms with Crippen molar-refractivity contribution in [3.8, 4) is 0 Å². The molecule has 1 amide bonds. The highest BCUT2D eigenvalue weighted by Gasteiger charge is 2.20. The molecule has 0 spiro atoms. The molecular weight excluding hydrogens is 280 g/mol. The van der Waals surface area contributed by atoms with Gasteiger partial charge in [-0.25, -0.2) is 0 Å². The molecule has 5 nitrogen and oxygen atoms in total. The van der Waals surface area contributed by atoms with E-state index in [1.807, 2.05) is 44.2 Å². The van der Waals surface area contributed by atoms with E-state index >= 15 is 0 Å². The number of carbonyl (C=O) groups excluding carboxylic acids is 1. The summed E-state index contributed by atoms with van der Waals surface area (Å²) in [6.45, 7) is 4.04. The van der Waals surface area contributed by atoms with E-state index in [2.05, 4.69) is 5.32 Å². The Morgan fingerprint density at radius 1 is 1.09 bits per heavy atom. The smallest absolute Gasteiger partial charge is 0.270 e. The van der Waals surface area contributed by atoms with Crippen LogP contribution in [0.1, 0.15) is 35.8 Å². The van der Waals surface area contributed by atoms with Crippen molar-refractivity contribution in [2.24, 2.45) is 5.92 Å². The molecule has 2 aromatic carbocycles. The van der Waals surface area contributed by atoms with Crippen molar-refractivity contribution in [2.45, 2.75) is 19.9 Å². The molecule has 2 rings (SSSR count). The summed E-state index contributed by atoms with van der Waals surface area (Å²) < 4.78 is 0. The van der Waals surface area contributed by atoms with E-state index in [1.165, 1.54) is 18.2 Å². The molecule has 0 aliphatic heterocycles. The second kappa shape index (κ2) is 6.85. The first-order chi connectivity index (χ1) is 10.5.